The summed E-state index contributed by atoms with van der Waals surface area (Å²) in [4.78, 5) is 22.5. The van der Waals surface area contributed by atoms with Gasteiger partial charge in [0.05, 0.1) is 12.7 Å². The van der Waals surface area contributed by atoms with Crippen molar-refractivity contribution in [3.63, 3.8) is 0 Å². The van der Waals surface area contributed by atoms with Gasteiger partial charge in [0.2, 0.25) is 0 Å². The normalized spacial score (nSPS) is 10.6. The van der Waals surface area contributed by atoms with Crippen molar-refractivity contribution in [1.29, 1.82) is 0 Å². The average molecular weight is 309 g/mol. The number of aromatic amines is 1. The van der Waals surface area contributed by atoms with Gasteiger partial charge < -0.3 is 9.84 Å². The van der Waals surface area contributed by atoms with E-state index in [2.05, 4.69) is 10.2 Å². The second-order valence-corrected chi connectivity index (χ2v) is 5.12. The van der Waals surface area contributed by atoms with Crippen molar-refractivity contribution in [3.8, 4) is 5.75 Å². The molecular formula is C13H15N3O4S. The number of benzene rings is 1. The summed E-state index contributed by atoms with van der Waals surface area (Å²) in [5.74, 6) is 0.0665. The molecule has 7 nitrogen and oxygen atoms in total. The monoisotopic (exact) mass is 309 g/mol. The van der Waals surface area contributed by atoms with E-state index < -0.39 is 5.97 Å². The van der Waals surface area contributed by atoms with Crippen LogP contribution in [-0.4, -0.2) is 33.0 Å². The maximum Gasteiger partial charge on any atom is 0.343 e. The summed E-state index contributed by atoms with van der Waals surface area (Å²) in [6.45, 7) is 2.37. The van der Waals surface area contributed by atoms with E-state index in [0.717, 1.165) is 5.56 Å². The smallest absolute Gasteiger partial charge is 0.343 e. The summed E-state index contributed by atoms with van der Waals surface area (Å²) < 4.78 is 6.74. The lowest BCUT2D eigenvalue weighted by atomic mass is 10.1. The minimum Gasteiger partial charge on any atom is -0.496 e. The highest BCUT2D eigenvalue weighted by Gasteiger charge is 2.12. The Bertz CT molecular complexity index is 708. The highest BCUT2D eigenvalue weighted by molar-refractivity contribution is 7.98. The Balaban J connectivity index is 2.24. The summed E-state index contributed by atoms with van der Waals surface area (Å²) in [7, 11) is 1.53. The summed E-state index contributed by atoms with van der Waals surface area (Å²) in [6, 6.07) is 4.68. The molecule has 1 heterocycles. The largest absolute Gasteiger partial charge is 0.496 e. The number of ether oxygens (including phenoxy) is 1. The van der Waals surface area contributed by atoms with Gasteiger partial charge in [-0.25, -0.2) is 14.7 Å². The number of rotatable bonds is 6. The molecule has 1 aromatic heterocycles. The zero-order valence-corrected chi connectivity index (χ0v) is 12.4. The van der Waals surface area contributed by atoms with Gasteiger partial charge in [-0.05, 0) is 25.1 Å². The van der Waals surface area contributed by atoms with Crippen LogP contribution in [0.15, 0.2) is 28.2 Å². The van der Waals surface area contributed by atoms with E-state index in [4.69, 9.17) is 9.84 Å². The number of aromatic nitrogens is 3. The van der Waals surface area contributed by atoms with Crippen LogP contribution in [0.5, 0.6) is 5.75 Å². The first kappa shape index (κ1) is 15.2. The number of aromatic carboxylic acids is 1. The molecule has 2 N–H and O–H groups in total. The average Bonchev–Trinajstić information content (AvgIpc) is 2.84. The molecule has 112 valence electrons. The fourth-order valence-electron chi connectivity index (χ4n) is 1.86. The number of nitrogens with zero attached hydrogens (tertiary/aromatic N) is 2. The van der Waals surface area contributed by atoms with Gasteiger partial charge in [-0.2, -0.15) is 0 Å². The third kappa shape index (κ3) is 3.27. The second kappa shape index (κ2) is 6.49. The number of hydrogen-bond acceptors (Lipinski definition) is 5. The van der Waals surface area contributed by atoms with Crippen LogP contribution in [0.25, 0.3) is 0 Å². The fourth-order valence-corrected chi connectivity index (χ4v) is 2.85. The quantitative estimate of drug-likeness (QED) is 0.787. The molecule has 0 saturated heterocycles. The van der Waals surface area contributed by atoms with Crippen LogP contribution < -0.4 is 10.4 Å². The molecule has 2 rings (SSSR count). The number of thioether (sulfide) groups is 1. The highest BCUT2D eigenvalue weighted by atomic mass is 32.2. The third-order valence-corrected chi connectivity index (χ3v) is 3.95. The summed E-state index contributed by atoms with van der Waals surface area (Å²) in [6.07, 6.45) is 0. The number of methoxy groups -OCH3 is 1. The molecule has 0 amide bonds. The van der Waals surface area contributed by atoms with E-state index in [1.54, 1.807) is 12.1 Å². The number of H-pyrrole nitrogens is 1. The predicted octanol–water partition coefficient (Wildman–Crippen LogP) is 1.59. The van der Waals surface area contributed by atoms with Crippen molar-refractivity contribution < 1.29 is 14.6 Å². The second-order valence-electron chi connectivity index (χ2n) is 4.18. The van der Waals surface area contributed by atoms with E-state index in [-0.39, 0.29) is 11.3 Å². The van der Waals surface area contributed by atoms with Crippen LogP contribution in [0.2, 0.25) is 0 Å². The number of carbonyl (C=O) groups is 1. The number of hydrogen-bond donors (Lipinski definition) is 2. The maximum absolute atomic E-state index is 11.5. The number of carboxylic acids is 1. The summed E-state index contributed by atoms with van der Waals surface area (Å²) in [5, 5.41) is 15.9. The Morgan fingerprint density at radius 1 is 1.52 bits per heavy atom. The Hall–Kier alpha value is -2.22. The van der Waals surface area contributed by atoms with Gasteiger partial charge in [0.25, 0.3) is 0 Å². The first-order valence-electron chi connectivity index (χ1n) is 6.25. The van der Waals surface area contributed by atoms with Crippen molar-refractivity contribution in [2.75, 3.05) is 7.11 Å². The molecule has 0 radical (unpaired) electrons. The van der Waals surface area contributed by atoms with Gasteiger partial charge in [-0.15, -0.1) is 5.10 Å². The van der Waals surface area contributed by atoms with Gasteiger partial charge in [-0.3, -0.25) is 4.57 Å². The van der Waals surface area contributed by atoms with Gasteiger partial charge >= 0.3 is 11.7 Å². The molecule has 8 heteroatoms. The topological polar surface area (TPSA) is 97.2 Å². The van der Waals surface area contributed by atoms with Crippen molar-refractivity contribution in [1.82, 2.24) is 14.8 Å². The van der Waals surface area contributed by atoms with Crippen LogP contribution in [0.1, 0.15) is 22.8 Å². The summed E-state index contributed by atoms with van der Waals surface area (Å²) in [5.41, 5.74) is 0.674. The van der Waals surface area contributed by atoms with E-state index in [1.807, 2.05) is 6.92 Å². The minimum absolute atomic E-state index is 0.196. The molecule has 21 heavy (non-hydrogen) atoms. The Morgan fingerprint density at radius 3 is 2.90 bits per heavy atom. The molecule has 0 aliphatic carbocycles. The zero-order chi connectivity index (χ0) is 15.4. The number of nitrogens with one attached hydrogen (secondary N) is 1. The Morgan fingerprint density at radius 2 is 2.29 bits per heavy atom. The Kier molecular flexibility index (Phi) is 4.69. The van der Waals surface area contributed by atoms with Crippen LogP contribution in [-0.2, 0) is 12.3 Å². The van der Waals surface area contributed by atoms with E-state index in [0.29, 0.717) is 23.2 Å². The molecule has 0 saturated carbocycles. The van der Waals surface area contributed by atoms with Gasteiger partial charge in [0, 0.05) is 17.9 Å². The minimum atomic E-state index is -0.992. The third-order valence-electron chi connectivity index (χ3n) is 2.92. The van der Waals surface area contributed by atoms with Gasteiger partial charge in [0.1, 0.15) is 5.75 Å². The predicted molar refractivity (Wildman–Crippen MR) is 78.0 cm³/mol. The Labute approximate surface area is 124 Å². The highest BCUT2D eigenvalue weighted by Crippen LogP contribution is 2.27. The molecule has 0 bridgehead atoms. The number of carboxylic acid groups (broad SMARTS) is 1. The van der Waals surface area contributed by atoms with Gasteiger partial charge in [-0.1, -0.05) is 11.8 Å². The first-order chi connectivity index (χ1) is 10.1. The van der Waals surface area contributed by atoms with E-state index >= 15 is 0 Å². The lowest BCUT2D eigenvalue weighted by molar-refractivity contribution is 0.0696. The van der Waals surface area contributed by atoms with Crippen molar-refractivity contribution >= 4 is 17.7 Å². The molecule has 0 aliphatic rings. The lowest BCUT2D eigenvalue weighted by Gasteiger charge is -2.09. The zero-order valence-electron chi connectivity index (χ0n) is 11.6. The molecular weight excluding hydrogens is 294 g/mol. The van der Waals surface area contributed by atoms with E-state index in [1.165, 1.54) is 29.5 Å². The molecule has 0 fully saturated rings. The lowest BCUT2D eigenvalue weighted by Crippen LogP contribution is -2.16. The molecule has 1 aromatic carbocycles. The van der Waals surface area contributed by atoms with Crippen molar-refractivity contribution in [2.24, 2.45) is 0 Å². The standard InChI is InChI=1S/C13H15N3O4S/c1-3-16-12(19)14-15-13(16)21-7-9-6-8(11(17)18)4-5-10(9)20-2/h4-6H,3,7H2,1-2H3,(H,14,19)(H,17,18). The van der Waals surface area contributed by atoms with Crippen molar-refractivity contribution in [2.45, 2.75) is 24.4 Å². The van der Waals surface area contributed by atoms with Gasteiger partial charge in [0.15, 0.2) is 5.16 Å². The molecule has 0 atom stereocenters. The van der Waals surface area contributed by atoms with Crippen LogP contribution in [0, 0.1) is 0 Å². The molecule has 0 spiro atoms. The fraction of sp³-hybridized carbons (Fsp3) is 0.308. The first-order valence-corrected chi connectivity index (χ1v) is 7.23. The maximum atomic E-state index is 11.5. The van der Waals surface area contributed by atoms with Crippen LogP contribution >= 0.6 is 11.8 Å². The van der Waals surface area contributed by atoms with Crippen LogP contribution in [0.3, 0.4) is 0 Å². The molecule has 0 aliphatic heterocycles. The van der Waals surface area contributed by atoms with Crippen molar-refractivity contribution in [3.05, 3.63) is 39.8 Å². The van der Waals surface area contributed by atoms with Crippen LogP contribution in [0.4, 0.5) is 0 Å². The SMILES string of the molecule is CCn1c(SCc2cc(C(=O)O)ccc2OC)n[nH]c1=O. The molecule has 0 unspecified atom stereocenters. The summed E-state index contributed by atoms with van der Waals surface area (Å²) >= 11 is 1.34. The van der Waals surface area contributed by atoms with E-state index in [9.17, 15) is 9.59 Å². The molecule has 2 aromatic rings.